The van der Waals surface area contributed by atoms with E-state index < -0.39 is 34.9 Å². The van der Waals surface area contributed by atoms with Gasteiger partial charge in [-0.1, -0.05) is 6.07 Å². The minimum atomic E-state index is -0.700. The van der Waals surface area contributed by atoms with E-state index in [-0.39, 0.29) is 24.6 Å². The fraction of sp³-hybridized carbons (Fsp3) is 0.364. The highest BCUT2D eigenvalue weighted by atomic mass is 19.1. The van der Waals surface area contributed by atoms with Crippen LogP contribution in [0, 0.1) is 17.5 Å². The normalized spacial score (nSPS) is 12.4. The molecular weight excluding hydrogens is 395 g/mol. The molecule has 2 rings (SSSR count). The van der Waals surface area contributed by atoms with Crippen LogP contribution in [0.15, 0.2) is 42.5 Å². The lowest BCUT2D eigenvalue weighted by Gasteiger charge is -2.35. The molecule has 0 aliphatic heterocycles. The van der Waals surface area contributed by atoms with Crippen molar-refractivity contribution in [3.05, 3.63) is 65.5 Å². The van der Waals surface area contributed by atoms with Crippen LogP contribution < -0.4 is 10.6 Å². The molecule has 0 bridgehead atoms. The molecule has 0 saturated heterocycles. The quantitative estimate of drug-likeness (QED) is 0.710. The molecular formula is C22H26F3N3O2. The van der Waals surface area contributed by atoms with Crippen molar-refractivity contribution in [2.75, 3.05) is 18.4 Å². The van der Waals surface area contributed by atoms with Crippen LogP contribution in [-0.2, 0) is 9.59 Å². The Hall–Kier alpha value is -2.87. The second kappa shape index (κ2) is 9.75. The molecule has 0 unspecified atom stereocenters. The summed E-state index contributed by atoms with van der Waals surface area (Å²) in [5, 5.41) is 5.54. The van der Waals surface area contributed by atoms with E-state index in [1.165, 1.54) is 35.2 Å². The van der Waals surface area contributed by atoms with Crippen LogP contribution in [-0.4, -0.2) is 35.3 Å². The molecule has 0 aromatic heterocycles. The van der Waals surface area contributed by atoms with E-state index in [0.29, 0.717) is 5.69 Å². The highest BCUT2D eigenvalue weighted by Crippen LogP contribution is 2.19. The summed E-state index contributed by atoms with van der Waals surface area (Å²) in [7, 11) is 0. The fourth-order valence-corrected chi connectivity index (χ4v) is 2.88. The minimum Gasteiger partial charge on any atom is -0.327 e. The molecule has 0 aliphatic rings. The van der Waals surface area contributed by atoms with Crippen molar-refractivity contribution in [3.8, 4) is 0 Å². The lowest BCUT2D eigenvalue weighted by molar-refractivity contribution is -0.138. The van der Waals surface area contributed by atoms with Crippen molar-refractivity contribution in [2.45, 2.75) is 39.3 Å². The molecule has 2 aromatic carbocycles. The van der Waals surface area contributed by atoms with Gasteiger partial charge in [-0.05, 0) is 58.0 Å². The number of carbonyl (C=O) groups excluding carboxylic acids is 2. The lowest BCUT2D eigenvalue weighted by Crippen LogP contribution is -2.52. The van der Waals surface area contributed by atoms with Crippen LogP contribution in [0.2, 0.25) is 0 Å². The Bertz CT molecular complexity index is 895. The largest absolute Gasteiger partial charge is 0.327 e. The molecule has 2 aromatic rings. The van der Waals surface area contributed by atoms with Gasteiger partial charge in [0.2, 0.25) is 11.8 Å². The first kappa shape index (κ1) is 23.4. The van der Waals surface area contributed by atoms with Gasteiger partial charge in [0.05, 0.1) is 6.54 Å². The van der Waals surface area contributed by atoms with Gasteiger partial charge < -0.3 is 15.5 Å². The van der Waals surface area contributed by atoms with Crippen LogP contribution >= 0.6 is 0 Å². The van der Waals surface area contributed by atoms with Gasteiger partial charge in [0, 0.05) is 28.9 Å². The molecule has 0 heterocycles. The summed E-state index contributed by atoms with van der Waals surface area (Å²) in [5.74, 6) is -2.58. The Labute approximate surface area is 174 Å². The highest BCUT2D eigenvalue weighted by molar-refractivity contribution is 5.95. The van der Waals surface area contributed by atoms with E-state index in [1.54, 1.807) is 27.7 Å². The standard InChI is InChI=1S/C22H26F3N3O2/c1-14(18-10-7-16(24)11-19(18)25)26-12-21(30)28(22(2,3)4)13-20(29)27-17-8-5-15(23)6-9-17/h5-11,14,26H,12-13H2,1-4H3,(H,27,29)/t14-/m0/s1. The number of hydrogen-bond donors (Lipinski definition) is 2. The van der Waals surface area contributed by atoms with E-state index in [0.717, 1.165) is 12.1 Å². The van der Waals surface area contributed by atoms with Crippen LogP contribution in [0.3, 0.4) is 0 Å². The van der Waals surface area contributed by atoms with Crippen molar-refractivity contribution < 1.29 is 22.8 Å². The fourth-order valence-electron chi connectivity index (χ4n) is 2.88. The maximum Gasteiger partial charge on any atom is 0.244 e. The summed E-state index contributed by atoms with van der Waals surface area (Å²) in [4.78, 5) is 26.6. The van der Waals surface area contributed by atoms with Gasteiger partial charge in [-0.15, -0.1) is 0 Å². The van der Waals surface area contributed by atoms with Gasteiger partial charge in [0.15, 0.2) is 0 Å². The number of nitrogens with zero attached hydrogens (tertiary/aromatic N) is 1. The van der Waals surface area contributed by atoms with Gasteiger partial charge in [-0.2, -0.15) is 0 Å². The third kappa shape index (κ3) is 6.59. The molecule has 5 nitrogen and oxygen atoms in total. The Morgan fingerprint density at radius 2 is 1.60 bits per heavy atom. The first-order valence-electron chi connectivity index (χ1n) is 9.51. The van der Waals surface area contributed by atoms with Gasteiger partial charge in [0.1, 0.15) is 24.0 Å². The van der Waals surface area contributed by atoms with Crippen molar-refractivity contribution in [1.82, 2.24) is 10.2 Å². The summed E-state index contributed by atoms with van der Waals surface area (Å²) in [6.45, 7) is 6.68. The van der Waals surface area contributed by atoms with Crippen molar-refractivity contribution in [2.24, 2.45) is 0 Å². The number of carbonyl (C=O) groups is 2. The Kier molecular flexibility index (Phi) is 7.61. The molecule has 1 atom stereocenters. The highest BCUT2D eigenvalue weighted by Gasteiger charge is 2.28. The van der Waals surface area contributed by atoms with Crippen LogP contribution in [0.25, 0.3) is 0 Å². The topological polar surface area (TPSA) is 61.4 Å². The van der Waals surface area contributed by atoms with Crippen molar-refractivity contribution in [1.29, 1.82) is 0 Å². The Morgan fingerprint density at radius 1 is 1.00 bits per heavy atom. The summed E-state index contributed by atoms with van der Waals surface area (Å²) >= 11 is 0. The van der Waals surface area contributed by atoms with E-state index in [1.807, 2.05) is 0 Å². The number of rotatable bonds is 7. The molecule has 0 aliphatic carbocycles. The average molecular weight is 421 g/mol. The van der Waals surface area contributed by atoms with Crippen molar-refractivity contribution >= 4 is 17.5 Å². The van der Waals surface area contributed by atoms with E-state index in [2.05, 4.69) is 10.6 Å². The first-order valence-corrected chi connectivity index (χ1v) is 9.51. The van der Waals surface area contributed by atoms with Gasteiger partial charge in [-0.25, -0.2) is 13.2 Å². The second-order valence-electron chi connectivity index (χ2n) is 7.97. The van der Waals surface area contributed by atoms with E-state index >= 15 is 0 Å². The Balaban J connectivity index is 2.00. The molecule has 8 heteroatoms. The number of halogens is 3. The predicted molar refractivity (Wildman–Crippen MR) is 109 cm³/mol. The number of anilines is 1. The minimum absolute atomic E-state index is 0.140. The zero-order chi connectivity index (χ0) is 22.5. The zero-order valence-corrected chi connectivity index (χ0v) is 17.4. The zero-order valence-electron chi connectivity index (χ0n) is 17.4. The molecule has 2 amide bonds. The van der Waals surface area contributed by atoms with Gasteiger partial charge >= 0.3 is 0 Å². The molecule has 162 valence electrons. The van der Waals surface area contributed by atoms with E-state index in [4.69, 9.17) is 0 Å². The molecule has 2 N–H and O–H groups in total. The van der Waals surface area contributed by atoms with Crippen LogP contribution in [0.5, 0.6) is 0 Å². The molecule has 0 saturated carbocycles. The smallest absolute Gasteiger partial charge is 0.244 e. The molecule has 30 heavy (non-hydrogen) atoms. The first-order chi connectivity index (χ1) is 14.0. The third-order valence-corrected chi connectivity index (χ3v) is 4.53. The van der Waals surface area contributed by atoms with Crippen LogP contribution in [0.1, 0.15) is 39.3 Å². The third-order valence-electron chi connectivity index (χ3n) is 4.53. The summed E-state index contributed by atoms with van der Waals surface area (Å²) in [6.07, 6.45) is 0. The van der Waals surface area contributed by atoms with Gasteiger partial charge in [0.25, 0.3) is 0 Å². The number of nitrogens with one attached hydrogen (secondary N) is 2. The van der Waals surface area contributed by atoms with Crippen LogP contribution in [0.4, 0.5) is 18.9 Å². The van der Waals surface area contributed by atoms with E-state index in [9.17, 15) is 22.8 Å². The molecule has 0 fully saturated rings. The predicted octanol–water partition coefficient (Wildman–Crippen LogP) is 4.02. The number of hydrogen-bond acceptors (Lipinski definition) is 3. The number of amides is 2. The SMILES string of the molecule is C[C@H](NCC(=O)N(CC(=O)Nc1ccc(F)cc1)C(C)(C)C)c1ccc(F)cc1F. The summed E-state index contributed by atoms with van der Waals surface area (Å²) < 4.78 is 40.0. The molecule has 0 spiro atoms. The second-order valence-corrected chi connectivity index (χ2v) is 7.97. The monoisotopic (exact) mass is 421 g/mol. The Morgan fingerprint density at radius 3 is 2.17 bits per heavy atom. The summed E-state index contributed by atoms with van der Waals surface area (Å²) in [6, 6.07) is 8.03. The summed E-state index contributed by atoms with van der Waals surface area (Å²) in [5.41, 5.74) is 0.00491. The molecule has 0 radical (unpaired) electrons. The van der Waals surface area contributed by atoms with Crippen molar-refractivity contribution in [3.63, 3.8) is 0 Å². The maximum atomic E-state index is 13.9. The lowest BCUT2D eigenvalue weighted by atomic mass is 10.1. The average Bonchev–Trinajstić information content (AvgIpc) is 2.65. The number of benzene rings is 2. The maximum absolute atomic E-state index is 13.9. The van der Waals surface area contributed by atoms with Gasteiger partial charge in [-0.3, -0.25) is 9.59 Å².